The van der Waals surface area contributed by atoms with Crippen LogP contribution in [0.2, 0.25) is 0 Å². The third-order valence-electron chi connectivity index (χ3n) is 2.62. The summed E-state index contributed by atoms with van der Waals surface area (Å²) in [6, 6.07) is 1.98. The van der Waals surface area contributed by atoms with Crippen LogP contribution in [0.1, 0.15) is 24.6 Å². The van der Waals surface area contributed by atoms with Gasteiger partial charge < -0.3 is 4.74 Å². The predicted octanol–water partition coefficient (Wildman–Crippen LogP) is 3.19. The van der Waals surface area contributed by atoms with E-state index in [0.717, 1.165) is 22.2 Å². The second kappa shape index (κ2) is 4.76. The molecule has 1 fully saturated rings. The van der Waals surface area contributed by atoms with Gasteiger partial charge in [0.25, 0.3) is 0 Å². The highest BCUT2D eigenvalue weighted by molar-refractivity contribution is 9.10. The van der Waals surface area contributed by atoms with Crippen molar-refractivity contribution in [3.63, 3.8) is 0 Å². The molecule has 1 aromatic rings. The smallest absolute Gasteiger partial charge is 0.166 e. The Kier molecular flexibility index (Phi) is 3.59. The third kappa shape index (κ3) is 2.68. The fourth-order valence-electron chi connectivity index (χ4n) is 1.76. The lowest BCUT2D eigenvalue weighted by molar-refractivity contribution is -0.128. The van der Waals surface area contributed by atoms with Gasteiger partial charge in [0.2, 0.25) is 0 Å². The van der Waals surface area contributed by atoms with Gasteiger partial charge in [-0.3, -0.25) is 4.79 Å². The van der Waals surface area contributed by atoms with E-state index in [2.05, 4.69) is 15.9 Å². The Balaban J connectivity index is 1.95. The summed E-state index contributed by atoms with van der Waals surface area (Å²) < 4.78 is 6.59. The lowest BCUT2D eigenvalue weighted by Crippen LogP contribution is -2.22. The summed E-state index contributed by atoms with van der Waals surface area (Å²) in [6.45, 7) is 2.02. The van der Waals surface area contributed by atoms with Gasteiger partial charge in [0.1, 0.15) is 6.10 Å². The van der Waals surface area contributed by atoms with Crippen molar-refractivity contribution >= 4 is 33.0 Å². The number of hydrogen-bond donors (Lipinski definition) is 0. The standard InChI is InChI=1S/C11H13BrO2S/c1-7-2-3-10(14-7)9(13)6-11-8(12)4-5-15-11/h4-5,7,10H,2-3,6H2,1H3. The van der Waals surface area contributed by atoms with E-state index in [9.17, 15) is 4.79 Å². The van der Waals surface area contributed by atoms with Gasteiger partial charge in [-0.1, -0.05) is 0 Å². The molecule has 0 spiro atoms. The highest BCUT2D eigenvalue weighted by Gasteiger charge is 2.28. The molecule has 15 heavy (non-hydrogen) atoms. The van der Waals surface area contributed by atoms with E-state index in [1.807, 2.05) is 18.4 Å². The second-order valence-electron chi connectivity index (χ2n) is 3.85. The minimum Gasteiger partial charge on any atom is -0.367 e. The lowest BCUT2D eigenvalue weighted by atomic mass is 10.1. The number of carbonyl (C=O) groups excluding carboxylic acids is 1. The summed E-state index contributed by atoms with van der Waals surface area (Å²) in [5.41, 5.74) is 0. The van der Waals surface area contributed by atoms with E-state index in [1.54, 1.807) is 11.3 Å². The fourth-order valence-corrected chi connectivity index (χ4v) is 3.27. The first kappa shape index (κ1) is 11.3. The molecule has 4 heteroatoms. The van der Waals surface area contributed by atoms with E-state index < -0.39 is 0 Å². The van der Waals surface area contributed by atoms with Gasteiger partial charge >= 0.3 is 0 Å². The first-order chi connectivity index (χ1) is 7.16. The molecule has 0 aromatic carbocycles. The van der Waals surface area contributed by atoms with Gasteiger partial charge in [0.15, 0.2) is 5.78 Å². The molecule has 0 bridgehead atoms. The molecule has 0 N–H and O–H groups in total. The Morgan fingerprint density at radius 1 is 1.67 bits per heavy atom. The maximum absolute atomic E-state index is 11.9. The molecule has 0 aliphatic carbocycles. The van der Waals surface area contributed by atoms with Crippen LogP contribution >= 0.6 is 27.3 Å². The summed E-state index contributed by atoms with van der Waals surface area (Å²) in [5.74, 6) is 0.211. The summed E-state index contributed by atoms with van der Waals surface area (Å²) >= 11 is 5.05. The van der Waals surface area contributed by atoms with E-state index in [0.29, 0.717) is 6.42 Å². The molecule has 2 unspecified atom stereocenters. The number of ether oxygens (including phenoxy) is 1. The van der Waals surface area contributed by atoms with Gasteiger partial charge in [0.05, 0.1) is 6.10 Å². The molecule has 0 radical (unpaired) electrons. The molecular formula is C11H13BrO2S. The Bertz CT molecular complexity index is 361. The lowest BCUT2D eigenvalue weighted by Gasteiger charge is -2.09. The molecule has 1 aromatic heterocycles. The van der Waals surface area contributed by atoms with Crippen LogP contribution in [0, 0.1) is 0 Å². The first-order valence-electron chi connectivity index (χ1n) is 5.07. The van der Waals surface area contributed by atoms with Crippen LogP contribution < -0.4 is 0 Å². The highest BCUT2D eigenvalue weighted by Crippen LogP contribution is 2.26. The molecule has 0 saturated carbocycles. The van der Waals surface area contributed by atoms with E-state index in [-0.39, 0.29) is 18.0 Å². The monoisotopic (exact) mass is 288 g/mol. The topological polar surface area (TPSA) is 26.3 Å². The van der Waals surface area contributed by atoms with Gasteiger partial charge in [0, 0.05) is 15.8 Å². The summed E-state index contributed by atoms with van der Waals surface area (Å²) in [6.07, 6.45) is 2.44. The molecular weight excluding hydrogens is 276 g/mol. The second-order valence-corrected chi connectivity index (χ2v) is 5.70. The minimum atomic E-state index is -0.172. The Labute approximate surface area is 102 Å². The third-order valence-corrected chi connectivity index (χ3v) is 4.54. The van der Waals surface area contributed by atoms with Crippen LogP contribution in [0.5, 0.6) is 0 Å². The summed E-state index contributed by atoms with van der Waals surface area (Å²) in [5, 5.41) is 1.99. The average Bonchev–Trinajstić information content (AvgIpc) is 2.77. The molecule has 82 valence electrons. The number of ketones is 1. The largest absolute Gasteiger partial charge is 0.367 e. The molecule has 1 aliphatic rings. The predicted molar refractivity (Wildman–Crippen MR) is 64.3 cm³/mol. The molecule has 0 amide bonds. The number of hydrogen-bond acceptors (Lipinski definition) is 3. The van der Waals surface area contributed by atoms with Crippen molar-refractivity contribution in [2.24, 2.45) is 0 Å². The molecule has 1 saturated heterocycles. The molecule has 2 atom stereocenters. The number of halogens is 1. The normalized spacial score (nSPS) is 25.7. The van der Waals surface area contributed by atoms with Crippen molar-refractivity contribution in [1.82, 2.24) is 0 Å². The van der Waals surface area contributed by atoms with Crippen LogP contribution in [-0.2, 0) is 16.0 Å². The Morgan fingerprint density at radius 2 is 2.47 bits per heavy atom. The van der Waals surface area contributed by atoms with Crippen LogP contribution in [0.3, 0.4) is 0 Å². The zero-order valence-electron chi connectivity index (χ0n) is 8.53. The first-order valence-corrected chi connectivity index (χ1v) is 6.74. The fraction of sp³-hybridized carbons (Fsp3) is 0.545. The van der Waals surface area contributed by atoms with E-state index in [4.69, 9.17) is 4.74 Å². The molecule has 2 rings (SSSR count). The Hall–Kier alpha value is -0.190. The van der Waals surface area contributed by atoms with Crippen molar-refractivity contribution in [3.05, 3.63) is 20.8 Å². The van der Waals surface area contributed by atoms with Gasteiger partial charge in [-0.05, 0) is 47.1 Å². The van der Waals surface area contributed by atoms with Crippen molar-refractivity contribution in [3.8, 4) is 0 Å². The molecule has 2 nitrogen and oxygen atoms in total. The number of Topliss-reactive ketones (excluding diaryl/α,β-unsaturated/α-hetero) is 1. The quantitative estimate of drug-likeness (QED) is 0.854. The summed E-state index contributed by atoms with van der Waals surface area (Å²) in [4.78, 5) is 13.0. The van der Waals surface area contributed by atoms with Crippen molar-refractivity contribution in [2.75, 3.05) is 0 Å². The van der Waals surface area contributed by atoms with Crippen molar-refractivity contribution < 1.29 is 9.53 Å². The van der Waals surface area contributed by atoms with Crippen LogP contribution in [0.4, 0.5) is 0 Å². The minimum absolute atomic E-state index is 0.172. The number of rotatable bonds is 3. The van der Waals surface area contributed by atoms with Gasteiger partial charge in [-0.2, -0.15) is 0 Å². The zero-order valence-corrected chi connectivity index (χ0v) is 10.9. The van der Waals surface area contributed by atoms with Gasteiger partial charge in [-0.25, -0.2) is 0 Å². The van der Waals surface area contributed by atoms with Crippen molar-refractivity contribution in [2.45, 2.75) is 38.4 Å². The van der Waals surface area contributed by atoms with E-state index >= 15 is 0 Å². The highest BCUT2D eigenvalue weighted by atomic mass is 79.9. The van der Waals surface area contributed by atoms with Crippen LogP contribution in [0.15, 0.2) is 15.9 Å². The SMILES string of the molecule is CC1CCC(C(=O)Cc2sccc2Br)O1. The van der Waals surface area contributed by atoms with Gasteiger partial charge in [-0.15, -0.1) is 11.3 Å². The number of thiophene rings is 1. The van der Waals surface area contributed by atoms with Crippen LogP contribution in [0.25, 0.3) is 0 Å². The Morgan fingerprint density at radius 3 is 3.00 bits per heavy atom. The summed E-state index contributed by atoms with van der Waals surface area (Å²) in [7, 11) is 0. The maximum atomic E-state index is 11.9. The van der Waals surface area contributed by atoms with E-state index in [1.165, 1.54) is 0 Å². The average molecular weight is 289 g/mol. The zero-order chi connectivity index (χ0) is 10.8. The van der Waals surface area contributed by atoms with Crippen molar-refractivity contribution in [1.29, 1.82) is 0 Å². The molecule has 1 aliphatic heterocycles. The van der Waals surface area contributed by atoms with Crippen LogP contribution in [-0.4, -0.2) is 18.0 Å². The maximum Gasteiger partial charge on any atom is 0.166 e. The number of carbonyl (C=O) groups is 1. The molecule has 2 heterocycles.